The lowest BCUT2D eigenvalue weighted by molar-refractivity contribution is -0.379. The van der Waals surface area contributed by atoms with Crippen molar-refractivity contribution in [3.8, 4) is 0 Å². The summed E-state index contributed by atoms with van der Waals surface area (Å²) in [7, 11) is 0. The van der Waals surface area contributed by atoms with Gasteiger partial charge in [0.1, 0.15) is 73.2 Å². The highest BCUT2D eigenvalue weighted by molar-refractivity contribution is 5.76. The average Bonchev–Trinajstić information content (AvgIpc) is 0.779. The van der Waals surface area contributed by atoms with Gasteiger partial charge in [-0.3, -0.25) is 4.79 Å². The molecule has 12 N–H and O–H groups in total. The maximum atomic E-state index is 13.6. The fourth-order valence-electron chi connectivity index (χ4n) is 16.3. The zero-order chi connectivity index (χ0) is 80.3. The lowest BCUT2D eigenvalue weighted by atomic mass is 9.96. The van der Waals surface area contributed by atoms with Crippen molar-refractivity contribution in [3.63, 3.8) is 0 Å². The lowest BCUT2D eigenvalue weighted by Gasteiger charge is -2.48. The van der Waals surface area contributed by atoms with Crippen LogP contribution in [-0.4, -0.2) is 193 Å². The summed E-state index contributed by atoms with van der Waals surface area (Å²) in [6.07, 6.45) is 64.4. The number of allylic oxidation sites excluding steroid dienone is 4. The number of ether oxygens (including phenoxy) is 6. The molecule has 3 rings (SSSR count). The van der Waals surface area contributed by atoms with Crippen molar-refractivity contribution in [1.82, 2.24) is 5.32 Å². The fourth-order valence-corrected chi connectivity index (χ4v) is 16.3. The molecule has 19 heteroatoms. The third-order valence-corrected chi connectivity index (χ3v) is 23.8. The molecule has 656 valence electrons. The van der Waals surface area contributed by atoms with Gasteiger partial charge in [0.2, 0.25) is 5.91 Å². The van der Waals surface area contributed by atoms with Gasteiger partial charge >= 0.3 is 0 Å². The van der Waals surface area contributed by atoms with Gasteiger partial charge in [-0.1, -0.05) is 398 Å². The van der Waals surface area contributed by atoms with E-state index >= 15 is 0 Å². The van der Waals surface area contributed by atoms with Crippen molar-refractivity contribution in [2.24, 2.45) is 0 Å². The minimum absolute atomic E-state index is 0.232. The van der Waals surface area contributed by atoms with E-state index in [0.29, 0.717) is 12.8 Å². The Hall–Kier alpha value is -1.73. The molecule has 3 aliphatic heterocycles. The third-order valence-electron chi connectivity index (χ3n) is 23.8. The molecule has 0 radical (unpaired) electrons. The van der Waals surface area contributed by atoms with E-state index < -0.39 is 124 Å². The van der Waals surface area contributed by atoms with Gasteiger partial charge in [-0.2, -0.15) is 0 Å². The van der Waals surface area contributed by atoms with E-state index in [4.69, 9.17) is 28.4 Å². The highest BCUT2D eigenvalue weighted by Gasteiger charge is 2.54. The van der Waals surface area contributed by atoms with Crippen molar-refractivity contribution in [2.45, 2.75) is 529 Å². The Labute approximate surface area is 677 Å². The summed E-state index contributed by atoms with van der Waals surface area (Å²) >= 11 is 0. The molecule has 111 heavy (non-hydrogen) atoms. The minimum Gasteiger partial charge on any atom is -0.394 e. The molecule has 3 fully saturated rings. The second-order valence-corrected chi connectivity index (χ2v) is 33.8. The van der Waals surface area contributed by atoms with Gasteiger partial charge in [0.05, 0.1) is 38.6 Å². The molecule has 0 aliphatic carbocycles. The standard InChI is InChI=1S/C92H175NO18/c1-3-5-7-9-11-13-15-17-19-21-23-25-27-29-31-33-34-35-36-37-38-39-40-42-44-46-48-50-52-54-56-58-60-62-64-66-68-70-80(98)93-75(76(97)69-67-65-63-61-59-57-55-53-51-49-47-45-43-41-32-30-28-26-24-22-20-18-16-14-12-10-8-6-4-2)74-106-90-86(104)83(101)88(78(72-95)108-90)111-92-87(105)84(102)89(79(73-96)109-92)110-91-85(103)82(100)81(99)77(71-94)107-91/h15,17,21,23,75-79,81-92,94-97,99-105H,3-14,16,18-20,22,24-74H2,1-2H3,(H,93,98)/b17-15-,23-21-. The van der Waals surface area contributed by atoms with Crippen LogP contribution in [0.2, 0.25) is 0 Å². The van der Waals surface area contributed by atoms with Crippen LogP contribution in [0.5, 0.6) is 0 Å². The molecule has 3 saturated heterocycles. The number of nitrogens with one attached hydrogen (secondary N) is 1. The summed E-state index contributed by atoms with van der Waals surface area (Å²) in [5.41, 5.74) is 0. The highest BCUT2D eigenvalue weighted by Crippen LogP contribution is 2.34. The molecule has 0 aromatic carbocycles. The van der Waals surface area contributed by atoms with Crippen molar-refractivity contribution in [2.75, 3.05) is 26.4 Å². The Morgan fingerprint density at radius 2 is 0.595 bits per heavy atom. The monoisotopic (exact) mass is 1580 g/mol. The zero-order valence-corrected chi connectivity index (χ0v) is 71.0. The van der Waals surface area contributed by atoms with Gasteiger partial charge < -0.3 is 89.9 Å². The molecule has 0 bridgehead atoms. The van der Waals surface area contributed by atoms with Crippen molar-refractivity contribution in [3.05, 3.63) is 24.3 Å². The largest absolute Gasteiger partial charge is 0.394 e. The summed E-state index contributed by atoms with van der Waals surface area (Å²) in [4.78, 5) is 13.6. The van der Waals surface area contributed by atoms with Gasteiger partial charge in [0.25, 0.3) is 0 Å². The predicted molar refractivity (Wildman–Crippen MR) is 448 cm³/mol. The van der Waals surface area contributed by atoms with Gasteiger partial charge in [-0.15, -0.1) is 0 Å². The Morgan fingerprint density at radius 1 is 0.324 bits per heavy atom. The topological polar surface area (TPSA) is 307 Å². The van der Waals surface area contributed by atoms with Crippen LogP contribution in [0.3, 0.4) is 0 Å². The maximum absolute atomic E-state index is 13.6. The number of carbonyl (C=O) groups excluding carboxylic acids is 1. The zero-order valence-electron chi connectivity index (χ0n) is 71.0. The number of carbonyl (C=O) groups is 1. The first-order chi connectivity index (χ1) is 54.3. The number of amides is 1. The van der Waals surface area contributed by atoms with Crippen LogP contribution in [-0.2, 0) is 33.2 Å². The second kappa shape index (κ2) is 72.3. The van der Waals surface area contributed by atoms with Crippen LogP contribution in [0.25, 0.3) is 0 Å². The van der Waals surface area contributed by atoms with Crippen LogP contribution in [0.1, 0.15) is 425 Å². The van der Waals surface area contributed by atoms with E-state index in [-0.39, 0.29) is 18.9 Å². The predicted octanol–water partition coefficient (Wildman–Crippen LogP) is 18.4. The first kappa shape index (κ1) is 103. The van der Waals surface area contributed by atoms with Crippen molar-refractivity contribution < 1.29 is 89.4 Å². The Balaban J connectivity index is 1.29. The number of rotatable bonds is 78. The van der Waals surface area contributed by atoms with E-state index in [1.54, 1.807) is 0 Å². The van der Waals surface area contributed by atoms with Crippen LogP contribution < -0.4 is 5.32 Å². The van der Waals surface area contributed by atoms with E-state index in [1.807, 2.05) is 0 Å². The Bertz CT molecular complexity index is 2090. The van der Waals surface area contributed by atoms with E-state index in [9.17, 15) is 61.0 Å². The number of unbranched alkanes of at least 4 members (excludes halogenated alkanes) is 58. The second-order valence-electron chi connectivity index (χ2n) is 33.8. The van der Waals surface area contributed by atoms with Crippen molar-refractivity contribution in [1.29, 1.82) is 0 Å². The summed E-state index contributed by atoms with van der Waals surface area (Å²) in [5.74, 6) is -0.232. The van der Waals surface area contributed by atoms with E-state index in [1.165, 1.54) is 340 Å². The molecule has 0 saturated carbocycles. The number of aliphatic hydroxyl groups excluding tert-OH is 11. The first-order valence-electron chi connectivity index (χ1n) is 47.1. The molecule has 3 aliphatic rings. The van der Waals surface area contributed by atoms with Crippen LogP contribution in [0, 0.1) is 0 Å². The van der Waals surface area contributed by atoms with Gasteiger partial charge in [0, 0.05) is 6.42 Å². The quantitative estimate of drug-likeness (QED) is 0.0199. The summed E-state index contributed by atoms with van der Waals surface area (Å²) in [5, 5.41) is 121. The first-order valence-corrected chi connectivity index (χ1v) is 47.1. The molecule has 17 atom stereocenters. The van der Waals surface area contributed by atoms with Gasteiger partial charge in [-0.05, 0) is 44.9 Å². The summed E-state index contributed by atoms with van der Waals surface area (Å²) in [6, 6.07) is -0.887. The molecule has 0 aromatic heterocycles. The number of hydrogen-bond donors (Lipinski definition) is 12. The van der Waals surface area contributed by atoms with Crippen LogP contribution in [0.15, 0.2) is 24.3 Å². The van der Waals surface area contributed by atoms with Gasteiger partial charge in [0.15, 0.2) is 18.9 Å². The fraction of sp³-hybridized carbons (Fsp3) is 0.946. The number of aliphatic hydroxyl groups is 11. The van der Waals surface area contributed by atoms with Crippen molar-refractivity contribution >= 4 is 5.91 Å². The Morgan fingerprint density at radius 3 is 0.919 bits per heavy atom. The molecular weight excluding hydrogens is 1410 g/mol. The van der Waals surface area contributed by atoms with E-state index in [0.717, 1.165) is 51.4 Å². The molecule has 0 spiro atoms. The molecular formula is C92H175NO18. The van der Waals surface area contributed by atoms with Gasteiger partial charge in [-0.25, -0.2) is 0 Å². The highest BCUT2D eigenvalue weighted by atomic mass is 16.8. The summed E-state index contributed by atoms with van der Waals surface area (Å²) < 4.78 is 34.6. The average molecular weight is 1580 g/mol. The maximum Gasteiger partial charge on any atom is 0.220 e. The third kappa shape index (κ3) is 50.7. The lowest BCUT2D eigenvalue weighted by Crippen LogP contribution is -2.66. The Kier molecular flexibility index (Phi) is 67.4. The molecule has 3 heterocycles. The smallest absolute Gasteiger partial charge is 0.220 e. The molecule has 17 unspecified atom stereocenters. The van der Waals surface area contributed by atoms with E-state index in [2.05, 4.69) is 43.5 Å². The number of hydrogen-bond acceptors (Lipinski definition) is 18. The minimum atomic E-state index is -1.97. The normalized spacial score (nSPS) is 25.1. The SMILES string of the molecule is CCCCCCC/C=C\C/C=C\CCCCCCCCCCCCCCCCCCCCCCCCCCCC(=O)NC(COC1OC(CO)C(OC2OC(CO)C(OC3OC(CO)C(O)C(O)C3O)C(O)C2O)C(O)C1O)C(O)CCCCCCCCCCCCCCCCCCCCCCCCCCCCCCC. The summed E-state index contributed by atoms with van der Waals surface area (Å²) in [6.45, 7) is 1.87. The van der Waals surface area contributed by atoms with Crippen LogP contribution >= 0.6 is 0 Å². The molecule has 1 amide bonds. The molecule has 0 aromatic rings. The van der Waals surface area contributed by atoms with Crippen LogP contribution in [0.4, 0.5) is 0 Å². The molecule has 19 nitrogen and oxygen atoms in total.